The lowest BCUT2D eigenvalue weighted by Gasteiger charge is -2.23. The van der Waals surface area contributed by atoms with Crippen LogP contribution in [0.5, 0.6) is 0 Å². The molecule has 0 aromatic carbocycles. The first-order valence-corrected chi connectivity index (χ1v) is 10.9. The second kappa shape index (κ2) is 8.03. The van der Waals surface area contributed by atoms with Crippen molar-refractivity contribution in [3.63, 3.8) is 0 Å². The Hall–Kier alpha value is -3.40. The van der Waals surface area contributed by atoms with Crippen LogP contribution in [0, 0.1) is 20.8 Å². The number of aromatic nitrogens is 6. The number of hydrogen-bond donors (Lipinski definition) is 1. The van der Waals surface area contributed by atoms with Crippen LogP contribution in [0.15, 0.2) is 35.2 Å². The largest absolute Gasteiger partial charge is 0.358 e. The van der Waals surface area contributed by atoms with Crippen LogP contribution in [0.2, 0.25) is 0 Å². The second-order valence-electron chi connectivity index (χ2n) is 7.55. The number of hydrogen-bond acceptors (Lipinski definition) is 10. The molecule has 1 fully saturated rings. The standard InChI is InChI=1S/C21H22N8OS/c1-12-9-18(27-21-24-11-13(2)31-21)26-20(25-12)29-8-4-5-16(29)17-10-15(28-30-17)19-14(3)22-6-7-23-19/h6-7,9-11,16H,4-5,8H2,1-3H3,(H,24,25,26,27). The highest BCUT2D eigenvalue weighted by atomic mass is 32.1. The van der Waals surface area contributed by atoms with E-state index in [1.807, 2.05) is 39.1 Å². The third-order valence-electron chi connectivity index (χ3n) is 5.19. The third kappa shape index (κ3) is 3.98. The Labute approximate surface area is 183 Å². The van der Waals surface area contributed by atoms with Crippen molar-refractivity contribution in [2.75, 3.05) is 16.8 Å². The summed E-state index contributed by atoms with van der Waals surface area (Å²) in [4.78, 5) is 25.8. The average molecular weight is 435 g/mol. The topological polar surface area (TPSA) is 106 Å². The van der Waals surface area contributed by atoms with E-state index in [-0.39, 0.29) is 6.04 Å². The molecule has 4 aromatic rings. The Morgan fingerprint density at radius 3 is 2.77 bits per heavy atom. The van der Waals surface area contributed by atoms with E-state index >= 15 is 0 Å². The Kier molecular flexibility index (Phi) is 5.06. The molecule has 5 heterocycles. The van der Waals surface area contributed by atoms with E-state index in [4.69, 9.17) is 14.5 Å². The zero-order chi connectivity index (χ0) is 21.4. The van der Waals surface area contributed by atoms with Crippen molar-refractivity contribution >= 4 is 28.2 Å². The highest BCUT2D eigenvalue weighted by molar-refractivity contribution is 7.15. The van der Waals surface area contributed by atoms with Gasteiger partial charge in [0.05, 0.1) is 11.7 Å². The number of thiazole rings is 1. The highest BCUT2D eigenvalue weighted by Crippen LogP contribution is 2.36. The fourth-order valence-electron chi connectivity index (χ4n) is 3.79. The minimum atomic E-state index is 0.0231. The Morgan fingerprint density at radius 1 is 1.10 bits per heavy atom. The molecule has 4 aromatic heterocycles. The van der Waals surface area contributed by atoms with Gasteiger partial charge >= 0.3 is 0 Å². The van der Waals surface area contributed by atoms with Crippen LogP contribution in [-0.4, -0.2) is 36.6 Å². The fraction of sp³-hybridized carbons (Fsp3) is 0.333. The van der Waals surface area contributed by atoms with Crippen LogP contribution < -0.4 is 10.2 Å². The van der Waals surface area contributed by atoms with Gasteiger partial charge in [0.25, 0.3) is 0 Å². The van der Waals surface area contributed by atoms with Crippen molar-refractivity contribution in [1.29, 1.82) is 0 Å². The molecule has 1 N–H and O–H groups in total. The van der Waals surface area contributed by atoms with Crippen LogP contribution in [0.3, 0.4) is 0 Å². The number of nitrogens with zero attached hydrogens (tertiary/aromatic N) is 7. The molecule has 10 heteroatoms. The summed E-state index contributed by atoms with van der Waals surface area (Å²) in [7, 11) is 0. The summed E-state index contributed by atoms with van der Waals surface area (Å²) in [5.41, 5.74) is 3.14. The van der Waals surface area contributed by atoms with Gasteiger partial charge in [-0.25, -0.2) is 9.97 Å². The predicted octanol–water partition coefficient (Wildman–Crippen LogP) is 4.39. The Morgan fingerprint density at radius 2 is 1.97 bits per heavy atom. The van der Waals surface area contributed by atoms with E-state index in [1.54, 1.807) is 23.7 Å². The summed E-state index contributed by atoms with van der Waals surface area (Å²) < 4.78 is 5.73. The molecule has 5 rings (SSSR count). The van der Waals surface area contributed by atoms with Crippen LogP contribution in [0.25, 0.3) is 11.4 Å². The average Bonchev–Trinajstić information content (AvgIpc) is 3.48. The smallest absolute Gasteiger partial charge is 0.228 e. The summed E-state index contributed by atoms with van der Waals surface area (Å²) in [6, 6.07) is 3.90. The summed E-state index contributed by atoms with van der Waals surface area (Å²) in [5.74, 6) is 2.19. The quantitative estimate of drug-likeness (QED) is 0.489. The maximum atomic E-state index is 5.73. The van der Waals surface area contributed by atoms with Gasteiger partial charge in [0.15, 0.2) is 10.9 Å². The van der Waals surface area contributed by atoms with Gasteiger partial charge in [0.1, 0.15) is 17.2 Å². The lowest BCUT2D eigenvalue weighted by Crippen LogP contribution is -2.25. The second-order valence-corrected chi connectivity index (χ2v) is 8.79. The van der Waals surface area contributed by atoms with Gasteiger partial charge in [0.2, 0.25) is 5.95 Å². The number of anilines is 3. The third-order valence-corrected chi connectivity index (χ3v) is 6.02. The SMILES string of the molecule is Cc1cc(Nc2ncc(C)s2)nc(N2CCCC2c2cc(-c3nccnc3C)no2)n1. The Balaban J connectivity index is 1.42. The van der Waals surface area contributed by atoms with Gasteiger partial charge in [-0.15, -0.1) is 11.3 Å². The molecule has 9 nitrogen and oxygen atoms in total. The van der Waals surface area contributed by atoms with Gasteiger partial charge in [-0.1, -0.05) is 5.16 Å². The van der Waals surface area contributed by atoms with Crippen molar-refractivity contribution in [3.05, 3.63) is 52.7 Å². The molecular weight excluding hydrogens is 412 g/mol. The van der Waals surface area contributed by atoms with Crippen molar-refractivity contribution < 1.29 is 4.52 Å². The number of nitrogens with one attached hydrogen (secondary N) is 1. The summed E-state index contributed by atoms with van der Waals surface area (Å²) in [6.45, 7) is 6.77. The van der Waals surface area contributed by atoms with Gasteiger partial charge in [0, 0.05) is 47.8 Å². The molecule has 1 aliphatic rings. The molecule has 0 amide bonds. The van der Waals surface area contributed by atoms with E-state index in [0.29, 0.717) is 11.6 Å². The summed E-state index contributed by atoms with van der Waals surface area (Å²) in [5, 5.41) is 8.36. The van der Waals surface area contributed by atoms with Crippen molar-refractivity contribution in [2.24, 2.45) is 0 Å². The molecule has 158 valence electrons. The number of rotatable bonds is 5. The normalized spacial score (nSPS) is 16.1. The molecule has 0 aliphatic carbocycles. The molecule has 1 aliphatic heterocycles. The molecule has 0 radical (unpaired) electrons. The lowest BCUT2D eigenvalue weighted by molar-refractivity contribution is 0.362. The van der Waals surface area contributed by atoms with E-state index < -0.39 is 0 Å². The van der Waals surface area contributed by atoms with Crippen LogP contribution in [0.1, 0.15) is 40.9 Å². The van der Waals surface area contributed by atoms with E-state index in [0.717, 1.165) is 58.1 Å². The van der Waals surface area contributed by atoms with Crippen LogP contribution in [-0.2, 0) is 0 Å². The zero-order valence-electron chi connectivity index (χ0n) is 17.5. The molecule has 0 spiro atoms. The Bertz CT molecular complexity index is 1220. The van der Waals surface area contributed by atoms with E-state index in [1.165, 1.54) is 0 Å². The first-order valence-electron chi connectivity index (χ1n) is 10.1. The van der Waals surface area contributed by atoms with Gasteiger partial charge in [-0.3, -0.25) is 9.97 Å². The van der Waals surface area contributed by atoms with E-state index in [2.05, 4.69) is 30.3 Å². The first-order chi connectivity index (χ1) is 15.1. The monoisotopic (exact) mass is 434 g/mol. The van der Waals surface area contributed by atoms with Gasteiger partial charge < -0.3 is 14.7 Å². The van der Waals surface area contributed by atoms with Crippen LogP contribution in [0.4, 0.5) is 16.9 Å². The highest BCUT2D eigenvalue weighted by Gasteiger charge is 2.32. The zero-order valence-corrected chi connectivity index (χ0v) is 18.3. The first kappa shape index (κ1) is 19.6. The number of aryl methyl sites for hydroxylation is 3. The molecule has 0 bridgehead atoms. The minimum Gasteiger partial charge on any atom is -0.358 e. The molecule has 1 unspecified atom stereocenters. The molecule has 1 atom stereocenters. The van der Waals surface area contributed by atoms with Gasteiger partial charge in [-0.2, -0.15) is 4.98 Å². The van der Waals surface area contributed by atoms with E-state index in [9.17, 15) is 0 Å². The maximum absolute atomic E-state index is 5.73. The molecule has 31 heavy (non-hydrogen) atoms. The predicted molar refractivity (Wildman–Crippen MR) is 118 cm³/mol. The minimum absolute atomic E-state index is 0.0231. The van der Waals surface area contributed by atoms with Crippen molar-refractivity contribution in [1.82, 2.24) is 30.1 Å². The fourth-order valence-corrected chi connectivity index (χ4v) is 4.46. The maximum Gasteiger partial charge on any atom is 0.228 e. The van der Waals surface area contributed by atoms with Gasteiger partial charge in [-0.05, 0) is 33.6 Å². The van der Waals surface area contributed by atoms with Crippen molar-refractivity contribution in [2.45, 2.75) is 39.7 Å². The van der Waals surface area contributed by atoms with Crippen LogP contribution >= 0.6 is 11.3 Å². The molecule has 1 saturated heterocycles. The molecule has 0 saturated carbocycles. The lowest BCUT2D eigenvalue weighted by atomic mass is 10.1. The summed E-state index contributed by atoms with van der Waals surface area (Å²) >= 11 is 1.60. The molecular formula is C21H22N8OS. The summed E-state index contributed by atoms with van der Waals surface area (Å²) in [6.07, 6.45) is 7.15. The van der Waals surface area contributed by atoms with Crippen molar-refractivity contribution in [3.8, 4) is 11.4 Å².